The molecule has 1 saturated heterocycles. The molecule has 1 fully saturated rings. The summed E-state index contributed by atoms with van der Waals surface area (Å²) in [6.07, 6.45) is 3.77. The molecule has 0 radical (unpaired) electrons. The molecule has 0 bridgehead atoms. The van der Waals surface area contributed by atoms with E-state index in [4.69, 9.17) is 4.74 Å². The summed E-state index contributed by atoms with van der Waals surface area (Å²) >= 11 is 0. The lowest BCUT2D eigenvalue weighted by atomic mass is 9.86. The standard InChI is InChI=1S/C15H30N2O2/c1-6-19-14(18)12-15(16(4)5)8-7-10-17(11-9-15)13(2)3/h13H,6-12H2,1-5H3. The highest BCUT2D eigenvalue weighted by molar-refractivity contribution is 5.70. The number of esters is 1. The van der Waals surface area contributed by atoms with Crippen LogP contribution in [0.25, 0.3) is 0 Å². The first-order valence-electron chi connectivity index (χ1n) is 7.48. The Morgan fingerprint density at radius 1 is 1.32 bits per heavy atom. The van der Waals surface area contributed by atoms with E-state index in [1.165, 1.54) is 0 Å². The lowest BCUT2D eigenvalue weighted by molar-refractivity contribution is -0.146. The molecule has 0 aromatic carbocycles. The van der Waals surface area contributed by atoms with Gasteiger partial charge in [0.2, 0.25) is 0 Å². The molecule has 0 N–H and O–H groups in total. The first kappa shape index (κ1) is 16.4. The SMILES string of the molecule is CCOC(=O)CC1(N(C)C)CCCN(C(C)C)CC1. The summed E-state index contributed by atoms with van der Waals surface area (Å²) in [7, 11) is 4.18. The highest BCUT2D eigenvalue weighted by Crippen LogP contribution is 2.31. The van der Waals surface area contributed by atoms with Crippen LogP contribution in [0.4, 0.5) is 0 Å². The van der Waals surface area contributed by atoms with E-state index in [1.54, 1.807) is 0 Å². The quantitative estimate of drug-likeness (QED) is 0.717. The number of hydrogen-bond donors (Lipinski definition) is 0. The second-order valence-electron chi connectivity index (χ2n) is 6.08. The summed E-state index contributed by atoms with van der Waals surface area (Å²) in [5, 5.41) is 0. The molecule has 4 nitrogen and oxygen atoms in total. The van der Waals surface area contributed by atoms with Crippen molar-refractivity contribution in [1.29, 1.82) is 0 Å². The van der Waals surface area contributed by atoms with Gasteiger partial charge < -0.3 is 14.5 Å². The number of rotatable bonds is 5. The van der Waals surface area contributed by atoms with Gasteiger partial charge in [0.1, 0.15) is 0 Å². The zero-order chi connectivity index (χ0) is 14.5. The Labute approximate surface area is 118 Å². The van der Waals surface area contributed by atoms with Crippen LogP contribution in [0.2, 0.25) is 0 Å². The average Bonchev–Trinajstić information content (AvgIpc) is 2.53. The number of nitrogens with zero attached hydrogens (tertiary/aromatic N) is 2. The molecular formula is C15H30N2O2. The Kier molecular flexibility index (Phi) is 6.27. The van der Waals surface area contributed by atoms with Crippen LogP contribution >= 0.6 is 0 Å². The summed E-state index contributed by atoms with van der Waals surface area (Å²) in [6, 6.07) is 0.584. The minimum atomic E-state index is -0.0609. The lowest BCUT2D eigenvalue weighted by Crippen LogP contribution is -2.47. The van der Waals surface area contributed by atoms with Gasteiger partial charge in [0, 0.05) is 18.1 Å². The molecule has 19 heavy (non-hydrogen) atoms. The third kappa shape index (κ3) is 4.46. The van der Waals surface area contributed by atoms with Gasteiger partial charge in [-0.3, -0.25) is 4.79 Å². The molecule has 1 rings (SSSR count). The zero-order valence-electron chi connectivity index (χ0n) is 13.2. The van der Waals surface area contributed by atoms with Crippen LogP contribution in [0.15, 0.2) is 0 Å². The normalized spacial score (nSPS) is 25.6. The summed E-state index contributed by atoms with van der Waals surface area (Å²) in [5.41, 5.74) is -0.0319. The Morgan fingerprint density at radius 2 is 2.00 bits per heavy atom. The van der Waals surface area contributed by atoms with E-state index < -0.39 is 0 Å². The van der Waals surface area contributed by atoms with Crippen molar-refractivity contribution in [2.75, 3.05) is 33.8 Å². The second-order valence-corrected chi connectivity index (χ2v) is 6.08. The molecule has 1 atom stereocenters. The average molecular weight is 270 g/mol. The predicted molar refractivity (Wildman–Crippen MR) is 78.2 cm³/mol. The van der Waals surface area contributed by atoms with Gasteiger partial charge in [-0.15, -0.1) is 0 Å². The Hall–Kier alpha value is -0.610. The van der Waals surface area contributed by atoms with Crippen LogP contribution in [-0.2, 0) is 9.53 Å². The molecule has 0 spiro atoms. The van der Waals surface area contributed by atoms with Crippen LogP contribution in [0.3, 0.4) is 0 Å². The third-order valence-corrected chi connectivity index (χ3v) is 4.41. The van der Waals surface area contributed by atoms with Crippen LogP contribution in [0.1, 0.15) is 46.5 Å². The number of likely N-dealkylation sites (tertiary alicyclic amines) is 1. The fourth-order valence-corrected chi connectivity index (χ4v) is 2.98. The van der Waals surface area contributed by atoms with Gasteiger partial charge in [-0.1, -0.05) is 0 Å². The van der Waals surface area contributed by atoms with Crippen molar-refractivity contribution >= 4 is 5.97 Å². The molecule has 1 unspecified atom stereocenters. The van der Waals surface area contributed by atoms with Gasteiger partial charge in [0.25, 0.3) is 0 Å². The van der Waals surface area contributed by atoms with Crippen LogP contribution in [-0.4, -0.2) is 61.1 Å². The second kappa shape index (κ2) is 7.25. The lowest BCUT2D eigenvalue weighted by Gasteiger charge is -2.39. The van der Waals surface area contributed by atoms with Crippen LogP contribution in [0, 0.1) is 0 Å². The van der Waals surface area contributed by atoms with Crippen molar-refractivity contribution in [2.45, 2.75) is 58.0 Å². The molecular weight excluding hydrogens is 240 g/mol. The van der Waals surface area contributed by atoms with E-state index in [-0.39, 0.29) is 11.5 Å². The largest absolute Gasteiger partial charge is 0.466 e. The minimum absolute atomic E-state index is 0.0319. The van der Waals surface area contributed by atoms with E-state index in [0.717, 1.165) is 32.4 Å². The Morgan fingerprint density at radius 3 is 2.53 bits per heavy atom. The van der Waals surface area contributed by atoms with E-state index in [1.807, 2.05) is 6.92 Å². The third-order valence-electron chi connectivity index (χ3n) is 4.41. The van der Waals surface area contributed by atoms with Crippen molar-refractivity contribution in [2.24, 2.45) is 0 Å². The van der Waals surface area contributed by atoms with E-state index in [2.05, 4.69) is 37.7 Å². The number of hydrogen-bond acceptors (Lipinski definition) is 4. The molecule has 0 amide bonds. The van der Waals surface area contributed by atoms with Gasteiger partial charge in [-0.2, -0.15) is 0 Å². The number of ether oxygens (including phenoxy) is 1. The molecule has 1 aliphatic heterocycles. The maximum atomic E-state index is 11.9. The fraction of sp³-hybridized carbons (Fsp3) is 0.933. The van der Waals surface area contributed by atoms with Crippen LogP contribution in [0.5, 0.6) is 0 Å². The van der Waals surface area contributed by atoms with E-state index in [9.17, 15) is 4.79 Å². The highest BCUT2D eigenvalue weighted by Gasteiger charge is 2.37. The predicted octanol–water partition coefficient (Wildman–Crippen LogP) is 2.13. The van der Waals surface area contributed by atoms with Crippen molar-refractivity contribution in [3.63, 3.8) is 0 Å². The molecule has 1 heterocycles. The van der Waals surface area contributed by atoms with E-state index in [0.29, 0.717) is 19.1 Å². The monoisotopic (exact) mass is 270 g/mol. The van der Waals surface area contributed by atoms with Gasteiger partial charge in [-0.25, -0.2) is 0 Å². The first-order valence-corrected chi connectivity index (χ1v) is 7.48. The fourth-order valence-electron chi connectivity index (χ4n) is 2.98. The zero-order valence-corrected chi connectivity index (χ0v) is 13.2. The van der Waals surface area contributed by atoms with Crippen molar-refractivity contribution in [3.05, 3.63) is 0 Å². The molecule has 112 valence electrons. The first-order chi connectivity index (χ1) is 8.91. The Balaban J connectivity index is 2.74. The van der Waals surface area contributed by atoms with Crippen molar-refractivity contribution in [3.8, 4) is 0 Å². The number of carbonyl (C=O) groups is 1. The highest BCUT2D eigenvalue weighted by atomic mass is 16.5. The Bertz CT molecular complexity index is 292. The number of carbonyl (C=O) groups excluding carboxylic acids is 1. The molecule has 1 aliphatic rings. The summed E-state index contributed by atoms with van der Waals surface area (Å²) in [4.78, 5) is 16.6. The molecule has 0 saturated carbocycles. The maximum absolute atomic E-state index is 11.9. The molecule has 4 heteroatoms. The van der Waals surface area contributed by atoms with Gasteiger partial charge in [0.05, 0.1) is 13.0 Å². The maximum Gasteiger partial charge on any atom is 0.307 e. The molecule has 0 aromatic heterocycles. The topological polar surface area (TPSA) is 32.8 Å². The molecule has 0 aliphatic carbocycles. The van der Waals surface area contributed by atoms with Gasteiger partial charge >= 0.3 is 5.97 Å². The van der Waals surface area contributed by atoms with Gasteiger partial charge in [-0.05, 0) is 60.7 Å². The van der Waals surface area contributed by atoms with E-state index >= 15 is 0 Å². The summed E-state index contributed by atoms with van der Waals surface area (Å²) < 4.78 is 5.16. The van der Waals surface area contributed by atoms with Crippen LogP contribution < -0.4 is 0 Å². The summed E-state index contributed by atoms with van der Waals surface area (Å²) in [6.45, 7) is 9.03. The smallest absolute Gasteiger partial charge is 0.307 e. The molecule has 0 aromatic rings. The van der Waals surface area contributed by atoms with Crippen molar-refractivity contribution < 1.29 is 9.53 Å². The minimum Gasteiger partial charge on any atom is -0.466 e. The van der Waals surface area contributed by atoms with Crippen molar-refractivity contribution in [1.82, 2.24) is 9.80 Å². The summed E-state index contributed by atoms with van der Waals surface area (Å²) in [5.74, 6) is -0.0609. The van der Waals surface area contributed by atoms with Gasteiger partial charge in [0.15, 0.2) is 0 Å².